The van der Waals surface area contributed by atoms with E-state index in [1.54, 1.807) is 0 Å². The maximum atomic E-state index is 12.3. The van der Waals surface area contributed by atoms with E-state index in [-0.39, 0.29) is 5.91 Å². The highest BCUT2D eigenvalue weighted by Gasteiger charge is 2.52. The summed E-state index contributed by atoms with van der Waals surface area (Å²) in [6.07, 6.45) is 0. The SMILES string of the molecule is CC(C)(C)C(=O)Nc1ccc(I)cc1B1OC(C)(C)C(C)(C)O1. The highest BCUT2D eigenvalue weighted by Crippen LogP contribution is 2.37. The molecule has 126 valence electrons. The molecule has 0 bridgehead atoms. The van der Waals surface area contributed by atoms with Gasteiger partial charge in [-0.05, 0) is 68.5 Å². The Morgan fingerprint density at radius 1 is 1.13 bits per heavy atom. The lowest BCUT2D eigenvalue weighted by Crippen LogP contribution is -2.41. The summed E-state index contributed by atoms with van der Waals surface area (Å²) in [7, 11) is -0.495. The fourth-order valence-electron chi connectivity index (χ4n) is 2.12. The largest absolute Gasteiger partial charge is 0.497 e. The molecule has 4 nitrogen and oxygen atoms in total. The minimum absolute atomic E-state index is 0.0310. The molecule has 1 saturated heterocycles. The summed E-state index contributed by atoms with van der Waals surface area (Å²) in [6.45, 7) is 13.8. The molecule has 1 aliphatic rings. The van der Waals surface area contributed by atoms with E-state index in [0.717, 1.165) is 14.7 Å². The summed E-state index contributed by atoms with van der Waals surface area (Å²) in [5.74, 6) is -0.0310. The van der Waals surface area contributed by atoms with E-state index in [0.29, 0.717) is 0 Å². The zero-order valence-corrected chi connectivity index (χ0v) is 17.1. The highest BCUT2D eigenvalue weighted by atomic mass is 127. The molecule has 0 radical (unpaired) electrons. The van der Waals surface area contributed by atoms with Crippen LogP contribution < -0.4 is 10.8 Å². The van der Waals surface area contributed by atoms with Gasteiger partial charge in [-0.25, -0.2) is 0 Å². The Morgan fingerprint density at radius 2 is 1.65 bits per heavy atom. The number of hydrogen-bond acceptors (Lipinski definition) is 3. The van der Waals surface area contributed by atoms with Gasteiger partial charge in [-0.2, -0.15) is 0 Å². The Kier molecular flexibility index (Phi) is 4.92. The van der Waals surface area contributed by atoms with Crippen LogP contribution in [0.4, 0.5) is 5.69 Å². The predicted molar refractivity (Wildman–Crippen MR) is 103 cm³/mol. The predicted octanol–water partition coefficient (Wildman–Crippen LogP) is 3.58. The number of rotatable bonds is 2. The first kappa shape index (κ1) is 18.7. The Balaban J connectivity index is 2.36. The van der Waals surface area contributed by atoms with Crippen molar-refractivity contribution in [2.24, 2.45) is 5.41 Å². The van der Waals surface area contributed by atoms with Gasteiger partial charge in [0.25, 0.3) is 0 Å². The molecule has 23 heavy (non-hydrogen) atoms. The maximum Gasteiger partial charge on any atom is 0.497 e. The van der Waals surface area contributed by atoms with E-state index < -0.39 is 23.7 Å². The number of benzene rings is 1. The summed E-state index contributed by atoms with van der Waals surface area (Å²) in [5.41, 5.74) is 0.307. The third-order valence-electron chi connectivity index (χ3n) is 4.45. The van der Waals surface area contributed by atoms with Crippen LogP contribution in [0, 0.1) is 8.99 Å². The Hall–Kier alpha value is -0.595. The van der Waals surface area contributed by atoms with Crippen LogP contribution in [0.25, 0.3) is 0 Å². The average Bonchev–Trinajstić information content (AvgIpc) is 2.59. The van der Waals surface area contributed by atoms with Crippen LogP contribution in [0.5, 0.6) is 0 Å². The van der Waals surface area contributed by atoms with E-state index in [4.69, 9.17) is 9.31 Å². The van der Waals surface area contributed by atoms with Crippen molar-refractivity contribution in [3.8, 4) is 0 Å². The van der Waals surface area contributed by atoms with E-state index in [2.05, 4.69) is 27.9 Å². The number of carbonyl (C=O) groups excluding carboxylic acids is 1. The van der Waals surface area contributed by atoms with Gasteiger partial charge >= 0.3 is 7.12 Å². The standard InChI is InChI=1S/C17H25BINO3/c1-15(2,3)14(21)20-13-9-8-11(19)10-12(13)18-22-16(4,5)17(6,7)23-18/h8-10H,1-7H3,(H,20,21). The van der Waals surface area contributed by atoms with Gasteiger partial charge in [0, 0.05) is 20.1 Å². The maximum absolute atomic E-state index is 12.3. The van der Waals surface area contributed by atoms with E-state index >= 15 is 0 Å². The van der Waals surface area contributed by atoms with Crippen molar-refractivity contribution >= 4 is 46.8 Å². The van der Waals surface area contributed by atoms with Gasteiger partial charge in [0.05, 0.1) is 11.2 Å². The Labute approximate surface area is 153 Å². The average molecular weight is 429 g/mol. The summed E-state index contributed by atoms with van der Waals surface area (Å²) in [6, 6.07) is 5.88. The van der Waals surface area contributed by atoms with Crippen molar-refractivity contribution in [3.05, 3.63) is 21.8 Å². The van der Waals surface area contributed by atoms with Gasteiger partial charge in [0.15, 0.2) is 0 Å². The highest BCUT2D eigenvalue weighted by molar-refractivity contribution is 14.1. The van der Waals surface area contributed by atoms with Crippen molar-refractivity contribution in [1.82, 2.24) is 0 Å². The molecule has 6 heteroatoms. The molecule has 0 aromatic heterocycles. The van der Waals surface area contributed by atoms with E-state index in [1.807, 2.05) is 66.7 Å². The first-order valence-corrected chi connectivity index (χ1v) is 8.88. The van der Waals surface area contributed by atoms with Gasteiger partial charge in [-0.15, -0.1) is 0 Å². The van der Waals surface area contributed by atoms with Crippen LogP contribution in [-0.4, -0.2) is 24.2 Å². The van der Waals surface area contributed by atoms with Crippen LogP contribution in [0.3, 0.4) is 0 Å². The second-order valence-corrected chi connectivity index (χ2v) is 9.27. The van der Waals surface area contributed by atoms with Crippen LogP contribution >= 0.6 is 22.6 Å². The van der Waals surface area contributed by atoms with Crippen LogP contribution in [0.1, 0.15) is 48.5 Å². The van der Waals surface area contributed by atoms with Gasteiger partial charge < -0.3 is 14.6 Å². The van der Waals surface area contributed by atoms with Crippen LogP contribution in [0.15, 0.2) is 18.2 Å². The second-order valence-electron chi connectivity index (χ2n) is 8.02. The number of hydrogen-bond donors (Lipinski definition) is 1. The number of nitrogens with one attached hydrogen (secondary N) is 1. The summed E-state index contributed by atoms with van der Waals surface area (Å²) in [5, 5.41) is 3.01. The molecule has 1 fully saturated rings. The second kappa shape index (κ2) is 6.04. The molecule has 1 aromatic carbocycles. The zero-order chi connectivity index (χ0) is 17.6. The molecule has 0 spiro atoms. The zero-order valence-electron chi connectivity index (χ0n) is 14.9. The molecule has 0 atom stereocenters. The normalized spacial score (nSPS) is 19.7. The first-order chi connectivity index (χ1) is 10.3. The van der Waals surface area contributed by atoms with Gasteiger partial charge in [-0.3, -0.25) is 4.79 Å². The molecule has 0 saturated carbocycles. The van der Waals surface area contributed by atoms with Crippen LogP contribution in [-0.2, 0) is 14.1 Å². The molecule has 1 N–H and O–H groups in total. The molecule has 1 heterocycles. The van der Waals surface area contributed by atoms with Crippen LogP contribution in [0.2, 0.25) is 0 Å². The molecule has 1 aromatic rings. The minimum Gasteiger partial charge on any atom is -0.399 e. The molecule has 1 amide bonds. The van der Waals surface area contributed by atoms with E-state index in [1.165, 1.54) is 0 Å². The number of anilines is 1. The fourth-order valence-corrected chi connectivity index (χ4v) is 2.64. The van der Waals surface area contributed by atoms with Gasteiger partial charge in [0.2, 0.25) is 5.91 Å². The molecule has 1 aliphatic heterocycles. The minimum atomic E-state index is -0.495. The van der Waals surface area contributed by atoms with Gasteiger partial charge in [0.1, 0.15) is 0 Å². The molecule has 2 rings (SSSR count). The lowest BCUT2D eigenvalue weighted by molar-refractivity contribution is -0.123. The summed E-state index contributed by atoms with van der Waals surface area (Å²) < 4.78 is 13.3. The monoisotopic (exact) mass is 429 g/mol. The molecule has 0 aliphatic carbocycles. The van der Waals surface area contributed by atoms with Crippen molar-refractivity contribution in [1.29, 1.82) is 0 Å². The fraction of sp³-hybridized carbons (Fsp3) is 0.588. The van der Waals surface area contributed by atoms with Crippen molar-refractivity contribution in [2.45, 2.75) is 59.7 Å². The van der Waals surface area contributed by atoms with E-state index in [9.17, 15) is 4.79 Å². The summed E-state index contributed by atoms with van der Waals surface area (Å²) in [4.78, 5) is 12.3. The van der Waals surface area contributed by atoms with Crippen molar-refractivity contribution in [3.63, 3.8) is 0 Å². The lowest BCUT2D eigenvalue weighted by Gasteiger charge is -2.32. The molecule has 0 unspecified atom stereocenters. The quantitative estimate of drug-likeness (QED) is 0.578. The third-order valence-corrected chi connectivity index (χ3v) is 5.12. The Bertz CT molecular complexity index is 607. The topological polar surface area (TPSA) is 47.6 Å². The summed E-state index contributed by atoms with van der Waals surface area (Å²) >= 11 is 2.25. The Morgan fingerprint density at radius 3 is 2.13 bits per heavy atom. The van der Waals surface area contributed by atoms with Crippen molar-refractivity contribution < 1.29 is 14.1 Å². The molecular weight excluding hydrogens is 404 g/mol. The van der Waals surface area contributed by atoms with Crippen molar-refractivity contribution in [2.75, 3.05) is 5.32 Å². The smallest absolute Gasteiger partial charge is 0.399 e. The third kappa shape index (κ3) is 3.91. The lowest BCUT2D eigenvalue weighted by atomic mass is 9.77. The number of carbonyl (C=O) groups is 1. The number of amides is 1. The molecular formula is C17H25BINO3. The number of halogens is 1. The van der Waals surface area contributed by atoms with Gasteiger partial charge in [-0.1, -0.05) is 20.8 Å². The first-order valence-electron chi connectivity index (χ1n) is 7.80.